The van der Waals surface area contributed by atoms with Crippen molar-refractivity contribution in [1.29, 1.82) is 5.26 Å². The summed E-state index contributed by atoms with van der Waals surface area (Å²) in [6.45, 7) is 14.2. The SMILES string of the molecule is CC[C@H]1CN(C(C)c2ccc(CN3CCN(C(C)=O)CC3)cc2)[C@H](CC)CN1c1nc(=O)n(C)c2ccc(C#N)nc12. The molecule has 2 aliphatic rings. The maximum absolute atomic E-state index is 12.9. The normalized spacial score (nSPS) is 21.0. The van der Waals surface area contributed by atoms with Crippen LogP contribution in [0.15, 0.2) is 41.2 Å². The number of fused-ring (bicyclic) bond motifs is 1. The van der Waals surface area contributed by atoms with Crippen LogP contribution in [0.4, 0.5) is 5.82 Å². The molecule has 42 heavy (non-hydrogen) atoms. The van der Waals surface area contributed by atoms with Crippen molar-refractivity contribution in [3.8, 4) is 6.07 Å². The number of benzene rings is 1. The molecule has 0 radical (unpaired) electrons. The Labute approximate surface area is 248 Å². The second kappa shape index (κ2) is 12.6. The zero-order chi connectivity index (χ0) is 30.0. The van der Waals surface area contributed by atoms with Crippen LogP contribution in [-0.2, 0) is 18.4 Å². The number of rotatable bonds is 7. The van der Waals surface area contributed by atoms with Crippen molar-refractivity contribution in [3.63, 3.8) is 0 Å². The molecular formula is C32H42N8O2. The van der Waals surface area contributed by atoms with Crippen LogP contribution in [0.5, 0.6) is 0 Å². The molecule has 0 bridgehead atoms. The van der Waals surface area contributed by atoms with Crippen LogP contribution in [0.1, 0.15) is 63.4 Å². The van der Waals surface area contributed by atoms with E-state index in [1.807, 2.05) is 4.90 Å². The Balaban J connectivity index is 1.34. The summed E-state index contributed by atoms with van der Waals surface area (Å²) in [5.41, 5.74) is 3.87. The number of aromatic nitrogens is 3. The lowest BCUT2D eigenvalue weighted by Gasteiger charge is -2.49. The fourth-order valence-electron chi connectivity index (χ4n) is 6.46. The first-order valence-corrected chi connectivity index (χ1v) is 15.1. The highest BCUT2D eigenvalue weighted by Crippen LogP contribution is 2.33. The van der Waals surface area contributed by atoms with Gasteiger partial charge in [-0.05, 0) is 43.0 Å². The van der Waals surface area contributed by atoms with Gasteiger partial charge in [0.2, 0.25) is 5.91 Å². The average Bonchev–Trinajstić information content (AvgIpc) is 3.02. The highest BCUT2D eigenvalue weighted by molar-refractivity contribution is 5.86. The second-order valence-electron chi connectivity index (χ2n) is 11.6. The Morgan fingerprint density at radius 1 is 1.00 bits per heavy atom. The maximum atomic E-state index is 12.9. The van der Waals surface area contributed by atoms with Gasteiger partial charge in [0.15, 0.2) is 5.82 Å². The predicted octanol–water partition coefficient (Wildman–Crippen LogP) is 3.30. The number of pyridine rings is 1. The standard InChI is InChI=1S/C32H42N8O2/c1-6-27-21-40(31-30-29(36(5)32(42)35-31)13-12-26(18-33)34-30)28(7-2)20-39(27)22(3)25-10-8-24(9-11-25)19-37-14-16-38(17-15-37)23(4)41/h8-13,22,27-28H,6-7,14-17,19-21H2,1-5H3/t22?,27-,28+/m1/s1. The van der Waals surface area contributed by atoms with E-state index in [0.29, 0.717) is 22.5 Å². The third kappa shape index (κ3) is 5.90. The molecule has 3 aromatic rings. The number of nitrogens with zero attached hydrogens (tertiary/aromatic N) is 8. The fourth-order valence-corrected chi connectivity index (χ4v) is 6.46. The van der Waals surface area contributed by atoms with Crippen molar-refractivity contribution in [2.75, 3.05) is 44.2 Å². The van der Waals surface area contributed by atoms with E-state index in [9.17, 15) is 14.9 Å². The Bertz CT molecular complexity index is 1520. The molecule has 1 aromatic carbocycles. The molecule has 2 aliphatic heterocycles. The molecule has 3 atom stereocenters. The van der Waals surface area contributed by atoms with Crippen LogP contribution < -0.4 is 10.6 Å². The lowest BCUT2D eigenvalue weighted by atomic mass is 9.96. The van der Waals surface area contributed by atoms with Crippen molar-refractivity contribution in [2.45, 2.75) is 65.2 Å². The molecule has 1 unspecified atom stereocenters. The molecule has 10 nitrogen and oxygen atoms in total. The van der Waals surface area contributed by atoms with Gasteiger partial charge in [0.25, 0.3) is 0 Å². The van der Waals surface area contributed by atoms with Crippen molar-refractivity contribution < 1.29 is 4.79 Å². The van der Waals surface area contributed by atoms with Gasteiger partial charge in [-0.25, -0.2) is 9.78 Å². The quantitative estimate of drug-likeness (QED) is 0.427. The molecule has 0 aliphatic carbocycles. The topological polar surface area (TPSA) is 102 Å². The summed E-state index contributed by atoms with van der Waals surface area (Å²) in [5, 5.41) is 9.49. The first-order valence-electron chi connectivity index (χ1n) is 15.1. The number of hydrogen-bond acceptors (Lipinski definition) is 8. The van der Waals surface area contributed by atoms with Crippen molar-refractivity contribution in [3.05, 3.63) is 63.7 Å². The number of piperazine rings is 2. The van der Waals surface area contributed by atoms with Gasteiger partial charge in [-0.15, -0.1) is 0 Å². The van der Waals surface area contributed by atoms with E-state index in [1.165, 1.54) is 15.7 Å². The largest absolute Gasteiger partial charge is 0.349 e. The molecule has 1 amide bonds. The van der Waals surface area contributed by atoms with Crippen LogP contribution in [0.25, 0.3) is 11.0 Å². The van der Waals surface area contributed by atoms with Gasteiger partial charge < -0.3 is 9.80 Å². The van der Waals surface area contributed by atoms with Gasteiger partial charge in [-0.1, -0.05) is 38.1 Å². The van der Waals surface area contributed by atoms with Crippen LogP contribution >= 0.6 is 0 Å². The second-order valence-corrected chi connectivity index (χ2v) is 11.6. The molecule has 2 fully saturated rings. The third-order valence-corrected chi connectivity index (χ3v) is 9.19. The lowest BCUT2D eigenvalue weighted by Crippen LogP contribution is -2.59. The van der Waals surface area contributed by atoms with Gasteiger partial charge in [-0.3, -0.25) is 19.2 Å². The minimum atomic E-state index is -0.316. The molecule has 2 saturated heterocycles. The molecule has 10 heteroatoms. The van der Waals surface area contributed by atoms with Crippen LogP contribution in [0.2, 0.25) is 0 Å². The van der Waals surface area contributed by atoms with E-state index in [4.69, 9.17) is 0 Å². The zero-order valence-electron chi connectivity index (χ0n) is 25.5. The summed E-state index contributed by atoms with van der Waals surface area (Å²) in [5.74, 6) is 0.739. The van der Waals surface area contributed by atoms with Crippen LogP contribution in [0, 0.1) is 11.3 Å². The highest BCUT2D eigenvalue weighted by atomic mass is 16.2. The van der Waals surface area contributed by atoms with Crippen molar-refractivity contribution >= 4 is 22.8 Å². The summed E-state index contributed by atoms with van der Waals surface area (Å²) in [6, 6.07) is 15.2. The number of carbonyl (C=O) groups is 1. The first kappa shape index (κ1) is 29.7. The van der Waals surface area contributed by atoms with E-state index in [1.54, 1.807) is 26.1 Å². The molecular weight excluding hydrogens is 528 g/mol. The van der Waals surface area contributed by atoms with Gasteiger partial charge in [0.05, 0.1) is 5.52 Å². The maximum Gasteiger partial charge on any atom is 0.349 e. The number of carbonyl (C=O) groups excluding carboxylic acids is 1. The zero-order valence-corrected chi connectivity index (χ0v) is 25.5. The molecule has 0 spiro atoms. The van der Waals surface area contributed by atoms with Crippen molar-refractivity contribution in [2.24, 2.45) is 7.05 Å². The summed E-state index contributed by atoms with van der Waals surface area (Å²) < 4.78 is 1.50. The summed E-state index contributed by atoms with van der Waals surface area (Å²) in [6.07, 6.45) is 1.85. The van der Waals surface area contributed by atoms with Gasteiger partial charge in [0, 0.05) is 77.9 Å². The lowest BCUT2D eigenvalue weighted by molar-refractivity contribution is -0.130. The summed E-state index contributed by atoms with van der Waals surface area (Å²) >= 11 is 0. The highest BCUT2D eigenvalue weighted by Gasteiger charge is 2.37. The molecule has 0 saturated carbocycles. The van der Waals surface area contributed by atoms with E-state index < -0.39 is 0 Å². The predicted molar refractivity (Wildman–Crippen MR) is 164 cm³/mol. The minimum absolute atomic E-state index is 0.151. The molecule has 5 rings (SSSR count). The molecule has 4 heterocycles. The van der Waals surface area contributed by atoms with Crippen molar-refractivity contribution in [1.82, 2.24) is 29.2 Å². The van der Waals surface area contributed by atoms with E-state index in [2.05, 4.69) is 75.8 Å². The van der Waals surface area contributed by atoms with E-state index >= 15 is 0 Å². The first-order chi connectivity index (χ1) is 20.2. The Kier molecular flexibility index (Phi) is 8.90. The number of aryl methyl sites for hydroxylation is 1. The Morgan fingerprint density at radius 2 is 1.69 bits per heavy atom. The summed E-state index contributed by atoms with van der Waals surface area (Å²) in [4.78, 5) is 42.8. The Hall–Kier alpha value is -3.81. The monoisotopic (exact) mass is 570 g/mol. The third-order valence-electron chi connectivity index (χ3n) is 9.19. The van der Waals surface area contributed by atoms with E-state index in [-0.39, 0.29) is 29.7 Å². The fraction of sp³-hybridized carbons (Fsp3) is 0.531. The van der Waals surface area contributed by atoms with Crippen LogP contribution in [0.3, 0.4) is 0 Å². The van der Waals surface area contributed by atoms with Gasteiger partial charge in [-0.2, -0.15) is 10.2 Å². The average molecular weight is 571 g/mol. The summed E-state index contributed by atoms with van der Waals surface area (Å²) in [7, 11) is 1.70. The molecule has 2 aromatic heterocycles. The number of amides is 1. The van der Waals surface area contributed by atoms with Crippen LogP contribution in [-0.4, -0.2) is 86.5 Å². The number of hydrogen-bond donors (Lipinski definition) is 0. The smallest absolute Gasteiger partial charge is 0.349 e. The number of nitriles is 1. The van der Waals surface area contributed by atoms with Gasteiger partial charge >= 0.3 is 5.69 Å². The Morgan fingerprint density at radius 3 is 2.31 bits per heavy atom. The number of anilines is 1. The van der Waals surface area contributed by atoms with E-state index in [0.717, 1.165) is 58.7 Å². The molecule has 222 valence electrons. The minimum Gasteiger partial charge on any atom is -0.349 e. The van der Waals surface area contributed by atoms with Gasteiger partial charge in [0.1, 0.15) is 17.3 Å². The molecule has 0 N–H and O–H groups in total.